The van der Waals surface area contributed by atoms with Crippen molar-refractivity contribution in [1.82, 2.24) is 9.80 Å². The van der Waals surface area contributed by atoms with Crippen LogP contribution in [0.2, 0.25) is 0 Å². The smallest absolute Gasteiger partial charge is 0.319 e. The Kier molecular flexibility index (Phi) is 6.64. The lowest BCUT2D eigenvalue weighted by atomic mass is 9.96. The molecule has 0 radical (unpaired) electrons. The molecule has 132 valence electrons. The molecule has 0 saturated carbocycles. The van der Waals surface area contributed by atoms with E-state index in [0.717, 1.165) is 24.9 Å². The highest BCUT2D eigenvalue weighted by atomic mass is 16.2. The summed E-state index contributed by atoms with van der Waals surface area (Å²) in [6, 6.07) is 8.16. The molecule has 1 N–H and O–H groups in total. The Labute approximate surface area is 145 Å². The maximum absolute atomic E-state index is 12.4. The molecule has 2 rings (SSSR count). The Morgan fingerprint density at radius 1 is 1.17 bits per heavy atom. The van der Waals surface area contributed by atoms with Crippen LogP contribution in [0.15, 0.2) is 24.3 Å². The zero-order valence-electron chi connectivity index (χ0n) is 15.0. The van der Waals surface area contributed by atoms with Gasteiger partial charge < -0.3 is 15.1 Å². The molecule has 1 aromatic carbocycles. The Morgan fingerprint density at radius 2 is 1.79 bits per heavy atom. The SMILES string of the molecule is CCCCc1ccc(NC(=O)C2CCN(C(=O)N(C)C)CC2)cc1. The monoisotopic (exact) mass is 331 g/mol. The van der Waals surface area contributed by atoms with Gasteiger partial charge in [-0.3, -0.25) is 4.79 Å². The minimum Gasteiger partial charge on any atom is -0.331 e. The predicted octanol–water partition coefficient (Wildman–Crippen LogP) is 3.36. The molecule has 5 heteroatoms. The molecule has 0 aliphatic carbocycles. The number of amides is 3. The van der Waals surface area contributed by atoms with Crippen LogP contribution in [0.1, 0.15) is 38.2 Å². The first-order valence-electron chi connectivity index (χ1n) is 8.87. The largest absolute Gasteiger partial charge is 0.331 e. The number of hydrogen-bond acceptors (Lipinski definition) is 2. The second-order valence-corrected chi connectivity index (χ2v) is 6.73. The van der Waals surface area contributed by atoms with E-state index in [9.17, 15) is 9.59 Å². The standard InChI is InChI=1S/C19H29N3O2/c1-4-5-6-15-7-9-17(10-8-15)20-18(23)16-11-13-22(14-12-16)19(24)21(2)3/h7-10,16H,4-6,11-14H2,1-3H3,(H,20,23). The van der Waals surface area contributed by atoms with Gasteiger partial charge in [-0.2, -0.15) is 0 Å². The maximum atomic E-state index is 12.4. The van der Waals surface area contributed by atoms with Gasteiger partial charge in [-0.15, -0.1) is 0 Å². The van der Waals surface area contributed by atoms with Crippen LogP contribution < -0.4 is 5.32 Å². The number of nitrogens with zero attached hydrogens (tertiary/aromatic N) is 2. The molecule has 5 nitrogen and oxygen atoms in total. The number of piperidine rings is 1. The van der Waals surface area contributed by atoms with Gasteiger partial charge in [0.15, 0.2) is 0 Å². The van der Waals surface area contributed by atoms with Crippen molar-refractivity contribution in [2.75, 3.05) is 32.5 Å². The number of rotatable bonds is 5. The molecule has 0 atom stereocenters. The highest BCUT2D eigenvalue weighted by Gasteiger charge is 2.27. The summed E-state index contributed by atoms with van der Waals surface area (Å²) in [6.45, 7) is 3.47. The number of hydrogen-bond donors (Lipinski definition) is 1. The van der Waals surface area contributed by atoms with Crippen LogP contribution in [0.3, 0.4) is 0 Å². The summed E-state index contributed by atoms with van der Waals surface area (Å²) >= 11 is 0. The van der Waals surface area contributed by atoms with Crippen LogP contribution in [0.5, 0.6) is 0 Å². The minimum absolute atomic E-state index is 0.0176. The summed E-state index contributed by atoms with van der Waals surface area (Å²) in [5.74, 6) is 0.0456. The Morgan fingerprint density at radius 3 is 2.33 bits per heavy atom. The van der Waals surface area contributed by atoms with Crippen molar-refractivity contribution >= 4 is 17.6 Å². The van der Waals surface area contributed by atoms with Crippen molar-refractivity contribution in [1.29, 1.82) is 0 Å². The van der Waals surface area contributed by atoms with Crippen molar-refractivity contribution in [3.8, 4) is 0 Å². The summed E-state index contributed by atoms with van der Waals surface area (Å²) in [6.07, 6.45) is 4.91. The van der Waals surface area contributed by atoms with Crippen LogP contribution in [0, 0.1) is 5.92 Å². The van der Waals surface area contributed by atoms with Crippen molar-refractivity contribution in [3.05, 3.63) is 29.8 Å². The second-order valence-electron chi connectivity index (χ2n) is 6.73. The van der Waals surface area contributed by atoms with E-state index in [1.807, 2.05) is 17.0 Å². The Bertz CT molecular complexity index is 546. The third-order valence-electron chi connectivity index (χ3n) is 4.56. The van der Waals surface area contributed by atoms with Gasteiger partial charge in [0.05, 0.1) is 0 Å². The van der Waals surface area contributed by atoms with E-state index in [0.29, 0.717) is 13.1 Å². The molecule has 0 bridgehead atoms. The first-order chi connectivity index (χ1) is 11.5. The lowest BCUT2D eigenvalue weighted by Crippen LogP contribution is -2.45. The molecule has 1 aliphatic rings. The number of likely N-dealkylation sites (tertiary alicyclic amines) is 1. The number of urea groups is 1. The van der Waals surface area contributed by atoms with Gasteiger partial charge in [0, 0.05) is 38.8 Å². The third-order valence-corrected chi connectivity index (χ3v) is 4.56. The van der Waals surface area contributed by atoms with E-state index in [1.54, 1.807) is 19.0 Å². The van der Waals surface area contributed by atoms with Gasteiger partial charge in [-0.25, -0.2) is 4.79 Å². The molecule has 0 spiro atoms. The molecule has 1 aliphatic heterocycles. The number of carbonyl (C=O) groups is 2. The predicted molar refractivity (Wildman–Crippen MR) is 97.1 cm³/mol. The Hall–Kier alpha value is -2.04. The van der Waals surface area contributed by atoms with E-state index in [1.165, 1.54) is 18.4 Å². The molecule has 1 aromatic rings. The highest BCUT2D eigenvalue weighted by molar-refractivity contribution is 5.92. The summed E-state index contributed by atoms with van der Waals surface area (Å²) in [4.78, 5) is 27.7. The lowest BCUT2D eigenvalue weighted by molar-refractivity contribution is -0.121. The molecule has 0 unspecified atom stereocenters. The van der Waals surface area contributed by atoms with Gasteiger partial charge in [0.1, 0.15) is 0 Å². The van der Waals surface area contributed by atoms with Gasteiger partial charge in [0.2, 0.25) is 5.91 Å². The van der Waals surface area contributed by atoms with E-state index in [2.05, 4.69) is 24.4 Å². The normalized spacial score (nSPS) is 15.2. The maximum Gasteiger partial charge on any atom is 0.319 e. The zero-order valence-corrected chi connectivity index (χ0v) is 15.0. The summed E-state index contributed by atoms with van der Waals surface area (Å²) < 4.78 is 0. The van der Waals surface area contributed by atoms with Crippen LogP contribution >= 0.6 is 0 Å². The van der Waals surface area contributed by atoms with Gasteiger partial charge in [-0.05, 0) is 43.4 Å². The molecular weight excluding hydrogens is 302 g/mol. The van der Waals surface area contributed by atoms with Crippen LogP contribution in [-0.4, -0.2) is 48.9 Å². The van der Waals surface area contributed by atoms with Crippen molar-refractivity contribution in [2.24, 2.45) is 5.92 Å². The fourth-order valence-electron chi connectivity index (χ4n) is 3.00. The quantitative estimate of drug-likeness (QED) is 0.899. The van der Waals surface area contributed by atoms with E-state index < -0.39 is 0 Å². The van der Waals surface area contributed by atoms with Crippen molar-refractivity contribution in [3.63, 3.8) is 0 Å². The molecule has 1 saturated heterocycles. The van der Waals surface area contributed by atoms with E-state index in [-0.39, 0.29) is 17.9 Å². The fraction of sp³-hybridized carbons (Fsp3) is 0.579. The number of aryl methyl sites for hydroxylation is 1. The fourth-order valence-corrected chi connectivity index (χ4v) is 3.00. The molecule has 3 amide bonds. The van der Waals surface area contributed by atoms with Crippen LogP contribution in [0.25, 0.3) is 0 Å². The molecular formula is C19H29N3O2. The molecule has 1 fully saturated rings. The summed E-state index contributed by atoms with van der Waals surface area (Å²) in [5, 5.41) is 3.01. The first kappa shape index (κ1) is 18.3. The average molecular weight is 331 g/mol. The Balaban J connectivity index is 1.82. The number of nitrogens with one attached hydrogen (secondary N) is 1. The number of benzene rings is 1. The molecule has 1 heterocycles. The van der Waals surface area contributed by atoms with E-state index >= 15 is 0 Å². The van der Waals surface area contributed by atoms with Crippen molar-refractivity contribution in [2.45, 2.75) is 39.0 Å². The minimum atomic E-state index is -0.0176. The summed E-state index contributed by atoms with van der Waals surface area (Å²) in [7, 11) is 3.51. The number of unbranched alkanes of at least 4 members (excludes halogenated alkanes) is 1. The summed E-state index contributed by atoms with van der Waals surface area (Å²) in [5.41, 5.74) is 2.16. The number of anilines is 1. The van der Waals surface area contributed by atoms with Gasteiger partial charge in [0.25, 0.3) is 0 Å². The topological polar surface area (TPSA) is 52.7 Å². The number of carbonyl (C=O) groups excluding carboxylic acids is 2. The molecule has 24 heavy (non-hydrogen) atoms. The van der Waals surface area contributed by atoms with E-state index in [4.69, 9.17) is 0 Å². The second kappa shape index (κ2) is 8.71. The average Bonchev–Trinajstić information content (AvgIpc) is 2.60. The van der Waals surface area contributed by atoms with Crippen LogP contribution in [0.4, 0.5) is 10.5 Å². The van der Waals surface area contributed by atoms with Gasteiger partial charge in [-0.1, -0.05) is 25.5 Å². The van der Waals surface area contributed by atoms with Crippen LogP contribution in [-0.2, 0) is 11.2 Å². The lowest BCUT2D eigenvalue weighted by Gasteiger charge is -2.33. The molecule has 0 aromatic heterocycles. The van der Waals surface area contributed by atoms with Crippen molar-refractivity contribution < 1.29 is 9.59 Å². The third kappa shape index (κ3) is 4.98. The highest BCUT2D eigenvalue weighted by Crippen LogP contribution is 2.20. The zero-order chi connectivity index (χ0) is 17.5. The first-order valence-corrected chi connectivity index (χ1v) is 8.87. The van der Waals surface area contributed by atoms with Gasteiger partial charge >= 0.3 is 6.03 Å².